The van der Waals surface area contributed by atoms with Crippen LogP contribution < -0.4 is 5.32 Å². The molecule has 1 heterocycles. The molecule has 0 aromatic heterocycles. The van der Waals surface area contributed by atoms with Crippen LogP contribution in [0.25, 0.3) is 4.85 Å². The monoisotopic (exact) mass is 425 g/mol. The molecule has 0 radical (unpaired) electrons. The summed E-state index contributed by atoms with van der Waals surface area (Å²) in [7, 11) is 0. The van der Waals surface area contributed by atoms with Gasteiger partial charge in [0.1, 0.15) is 17.9 Å². The molecule has 0 atom stereocenters. The molecule has 1 N–H and O–H groups in total. The van der Waals surface area contributed by atoms with Gasteiger partial charge in [0.25, 0.3) is 5.91 Å². The Morgan fingerprint density at radius 2 is 1.94 bits per heavy atom. The van der Waals surface area contributed by atoms with E-state index in [-0.39, 0.29) is 18.4 Å². The maximum Gasteiger partial charge on any atom is 0.275 e. The van der Waals surface area contributed by atoms with E-state index in [0.717, 1.165) is 37.7 Å². The molecule has 2 amide bonds. The number of rotatable bonds is 4. The highest BCUT2D eigenvalue weighted by Gasteiger charge is 2.48. The van der Waals surface area contributed by atoms with E-state index in [0.29, 0.717) is 28.2 Å². The van der Waals surface area contributed by atoms with E-state index in [1.807, 2.05) is 6.92 Å². The predicted molar refractivity (Wildman–Crippen MR) is 121 cm³/mol. The minimum Gasteiger partial charge on any atom is -0.326 e. The lowest BCUT2D eigenvalue weighted by Gasteiger charge is -2.38. The summed E-state index contributed by atoms with van der Waals surface area (Å²) in [5.74, 6) is -0.586. The summed E-state index contributed by atoms with van der Waals surface area (Å²) in [5.41, 5.74) is 2.66. The molecular formula is C25H23N5O2. The van der Waals surface area contributed by atoms with Gasteiger partial charge in [-0.1, -0.05) is 24.6 Å². The molecule has 2 aromatic rings. The van der Waals surface area contributed by atoms with E-state index in [2.05, 4.69) is 16.2 Å². The van der Waals surface area contributed by atoms with Crippen molar-refractivity contribution in [1.82, 2.24) is 4.90 Å². The molecule has 0 unspecified atom stereocenters. The molecule has 1 aliphatic carbocycles. The second-order valence-electron chi connectivity index (χ2n) is 8.25. The van der Waals surface area contributed by atoms with Crippen molar-refractivity contribution in [2.75, 3.05) is 11.9 Å². The normalized spacial score (nSPS) is 16.9. The molecule has 0 bridgehead atoms. The highest BCUT2D eigenvalue weighted by molar-refractivity contribution is 6.47. The van der Waals surface area contributed by atoms with Gasteiger partial charge in [-0.25, -0.2) is 4.85 Å². The van der Waals surface area contributed by atoms with Crippen molar-refractivity contribution in [3.63, 3.8) is 0 Å². The van der Waals surface area contributed by atoms with E-state index in [9.17, 15) is 9.59 Å². The van der Waals surface area contributed by atoms with Crippen LogP contribution in [0.2, 0.25) is 0 Å². The Morgan fingerprint density at radius 1 is 1.22 bits per heavy atom. The van der Waals surface area contributed by atoms with Gasteiger partial charge in [0.2, 0.25) is 5.91 Å². The summed E-state index contributed by atoms with van der Waals surface area (Å²) in [6.45, 7) is 8.99. The van der Waals surface area contributed by atoms with Crippen molar-refractivity contribution in [2.24, 2.45) is 4.99 Å². The fourth-order valence-electron chi connectivity index (χ4n) is 4.39. The van der Waals surface area contributed by atoms with Crippen LogP contribution in [0.15, 0.2) is 47.5 Å². The third-order valence-electron chi connectivity index (χ3n) is 6.13. The van der Waals surface area contributed by atoms with Crippen molar-refractivity contribution >= 4 is 28.9 Å². The zero-order valence-electron chi connectivity index (χ0n) is 17.9. The number of nitrogens with zero attached hydrogens (tertiary/aromatic N) is 4. The topological polar surface area (TPSA) is 89.9 Å². The van der Waals surface area contributed by atoms with Gasteiger partial charge in [-0.3, -0.25) is 14.6 Å². The molecule has 7 nitrogen and oxygen atoms in total. The Morgan fingerprint density at radius 3 is 2.59 bits per heavy atom. The molecule has 1 saturated carbocycles. The van der Waals surface area contributed by atoms with Crippen molar-refractivity contribution in [1.29, 1.82) is 5.26 Å². The van der Waals surface area contributed by atoms with Gasteiger partial charge in [-0.2, -0.15) is 5.26 Å². The Kier molecular flexibility index (Phi) is 5.75. The van der Waals surface area contributed by atoms with Crippen LogP contribution in [0, 0.1) is 24.8 Å². The SMILES string of the molecule is [C-]#[N+]c1cc(NC(=O)CN2C(=O)C(c3ccc(C#N)cc3)=NC23CCCCC3)ccc1C. The van der Waals surface area contributed by atoms with Gasteiger partial charge in [0.05, 0.1) is 18.2 Å². The lowest BCUT2D eigenvalue weighted by Crippen LogP contribution is -2.51. The zero-order valence-corrected chi connectivity index (χ0v) is 17.9. The molecular weight excluding hydrogens is 402 g/mol. The molecule has 0 saturated heterocycles. The molecule has 1 fully saturated rings. The number of carbonyl (C=O) groups is 2. The first-order chi connectivity index (χ1) is 15.5. The second-order valence-corrected chi connectivity index (χ2v) is 8.25. The van der Waals surface area contributed by atoms with Gasteiger partial charge < -0.3 is 10.2 Å². The quantitative estimate of drug-likeness (QED) is 0.739. The molecule has 160 valence electrons. The minimum absolute atomic E-state index is 0.108. The standard InChI is InChI=1S/C25H23N5O2/c1-17-6-11-20(14-21(17)27-2)28-22(31)16-30-24(32)23(19-9-7-18(15-26)8-10-19)29-25(30)12-4-3-5-13-25/h6-11,14H,3-5,12-13,16H2,1H3,(H,28,31). The molecule has 7 heteroatoms. The highest BCUT2D eigenvalue weighted by atomic mass is 16.2. The van der Waals surface area contributed by atoms with Gasteiger partial charge in [0.15, 0.2) is 5.69 Å². The average Bonchev–Trinajstić information content (AvgIpc) is 3.06. The summed E-state index contributed by atoms with van der Waals surface area (Å²) in [4.78, 5) is 36.2. The molecule has 4 rings (SSSR count). The lowest BCUT2D eigenvalue weighted by atomic mass is 9.88. The van der Waals surface area contributed by atoms with Gasteiger partial charge >= 0.3 is 0 Å². The Hall–Kier alpha value is -3.97. The van der Waals surface area contributed by atoms with Crippen LogP contribution in [0.3, 0.4) is 0 Å². The van der Waals surface area contributed by atoms with E-state index >= 15 is 0 Å². The minimum atomic E-state index is -0.704. The molecule has 2 aliphatic rings. The smallest absolute Gasteiger partial charge is 0.275 e. The summed E-state index contributed by atoms with van der Waals surface area (Å²) in [6.07, 6.45) is 4.42. The number of nitriles is 1. The third kappa shape index (κ3) is 3.98. The summed E-state index contributed by atoms with van der Waals surface area (Å²) in [6, 6.07) is 14.1. The zero-order chi connectivity index (χ0) is 22.7. The van der Waals surface area contributed by atoms with Crippen molar-refractivity contribution < 1.29 is 9.59 Å². The second kappa shape index (κ2) is 8.64. The third-order valence-corrected chi connectivity index (χ3v) is 6.13. The number of benzene rings is 2. The average molecular weight is 425 g/mol. The van der Waals surface area contributed by atoms with Crippen LogP contribution in [0.1, 0.15) is 48.8 Å². The van der Waals surface area contributed by atoms with Crippen molar-refractivity contribution in [3.8, 4) is 6.07 Å². The molecule has 32 heavy (non-hydrogen) atoms. The first kappa shape index (κ1) is 21.3. The Labute approximate surface area is 187 Å². The van der Waals surface area contributed by atoms with E-state index in [1.165, 1.54) is 0 Å². The van der Waals surface area contributed by atoms with E-state index < -0.39 is 5.66 Å². The van der Waals surface area contributed by atoms with Crippen molar-refractivity contribution in [2.45, 2.75) is 44.7 Å². The maximum absolute atomic E-state index is 13.4. The van der Waals surface area contributed by atoms with Gasteiger partial charge in [0, 0.05) is 11.3 Å². The number of carbonyl (C=O) groups excluding carboxylic acids is 2. The number of aryl methyl sites for hydroxylation is 1. The number of nitrogens with one attached hydrogen (secondary N) is 1. The van der Waals surface area contributed by atoms with E-state index in [4.69, 9.17) is 16.8 Å². The maximum atomic E-state index is 13.4. The molecule has 1 spiro atoms. The predicted octanol–water partition coefficient (Wildman–Crippen LogP) is 4.35. The fourth-order valence-corrected chi connectivity index (χ4v) is 4.39. The summed E-state index contributed by atoms with van der Waals surface area (Å²) >= 11 is 0. The summed E-state index contributed by atoms with van der Waals surface area (Å²) in [5, 5.41) is 11.9. The highest BCUT2D eigenvalue weighted by Crippen LogP contribution is 2.39. The molecule has 2 aromatic carbocycles. The lowest BCUT2D eigenvalue weighted by molar-refractivity contribution is -0.134. The number of amides is 2. The van der Waals surface area contributed by atoms with Crippen LogP contribution in [0.5, 0.6) is 0 Å². The van der Waals surface area contributed by atoms with Gasteiger partial charge in [-0.15, -0.1) is 0 Å². The Balaban J connectivity index is 1.58. The van der Waals surface area contributed by atoms with Gasteiger partial charge in [-0.05, 0) is 62.4 Å². The van der Waals surface area contributed by atoms with Crippen LogP contribution in [-0.2, 0) is 9.59 Å². The number of hydrogen-bond donors (Lipinski definition) is 1. The number of anilines is 1. The van der Waals surface area contributed by atoms with Crippen LogP contribution >= 0.6 is 0 Å². The van der Waals surface area contributed by atoms with Crippen molar-refractivity contribution in [3.05, 3.63) is 70.6 Å². The fraction of sp³-hybridized carbons (Fsp3) is 0.320. The van der Waals surface area contributed by atoms with E-state index in [1.54, 1.807) is 47.4 Å². The first-order valence-electron chi connectivity index (χ1n) is 10.7. The summed E-state index contributed by atoms with van der Waals surface area (Å²) < 4.78 is 0. The molecule has 1 aliphatic heterocycles. The van der Waals surface area contributed by atoms with Crippen LogP contribution in [0.4, 0.5) is 11.4 Å². The first-order valence-corrected chi connectivity index (χ1v) is 10.7. The number of aliphatic imine (C=N–C) groups is 1. The number of hydrogen-bond acceptors (Lipinski definition) is 4. The largest absolute Gasteiger partial charge is 0.326 e. The van der Waals surface area contributed by atoms with Crippen LogP contribution in [-0.4, -0.2) is 34.6 Å². The Bertz CT molecular complexity index is 1180.